The van der Waals surface area contributed by atoms with Crippen molar-refractivity contribution in [1.82, 2.24) is 4.98 Å². The molecule has 0 saturated heterocycles. The summed E-state index contributed by atoms with van der Waals surface area (Å²) in [6, 6.07) is 17.0. The lowest BCUT2D eigenvalue weighted by Crippen LogP contribution is -2.12. The summed E-state index contributed by atoms with van der Waals surface area (Å²) in [5.41, 5.74) is 8.08. The molecule has 104 valence electrons. The molecular weight excluding hydrogens is 262 g/mol. The molecule has 0 aliphatic heterocycles. The van der Waals surface area contributed by atoms with Crippen LogP contribution in [0.5, 0.6) is 11.6 Å². The van der Waals surface area contributed by atoms with E-state index in [-0.39, 0.29) is 5.84 Å². The van der Waals surface area contributed by atoms with E-state index in [2.05, 4.69) is 4.98 Å². The largest absolute Gasteiger partial charge is 0.439 e. The summed E-state index contributed by atoms with van der Waals surface area (Å²) < 4.78 is 5.84. The summed E-state index contributed by atoms with van der Waals surface area (Å²) in [6.07, 6.45) is 0. The second-order valence-corrected chi connectivity index (χ2v) is 4.81. The van der Waals surface area contributed by atoms with Gasteiger partial charge in [0.1, 0.15) is 11.6 Å². The van der Waals surface area contributed by atoms with Crippen LogP contribution >= 0.6 is 0 Å². The molecule has 3 aromatic rings. The molecule has 3 rings (SSSR count). The van der Waals surface area contributed by atoms with Crippen LogP contribution in [0.1, 0.15) is 11.1 Å². The highest BCUT2D eigenvalue weighted by atomic mass is 16.5. The molecule has 1 heterocycles. The number of fused-ring (bicyclic) bond motifs is 1. The summed E-state index contributed by atoms with van der Waals surface area (Å²) >= 11 is 0. The van der Waals surface area contributed by atoms with Gasteiger partial charge in [-0.2, -0.15) is 0 Å². The van der Waals surface area contributed by atoms with Crippen molar-refractivity contribution in [1.29, 1.82) is 5.41 Å². The number of aromatic nitrogens is 1. The molecule has 0 amide bonds. The highest BCUT2D eigenvalue weighted by Crippen LogP contribution is 2.27. The number of hydrogen-bond acceptors (Lipinski definition) is 3. The molecule has 0 aliphatic carbocycles. The quantitative estimate of drug-likeness (QED) is 0.567. The Morgan fingerprint density at radius 3 is 2.57 bits per heavy atom. The minimum absolute atomic E-state index is 0.00299. The zero-order valence-electron chi connectivity index (χ0n) is 11.6. The van der Waals surface area contributed by atoms with Crippen molar-refractivity contribution in [2.24, 2.45) is 5.73 Å². The number of aryl methyl sites for hydroxylation is 1. The standard InChI is InChI=1S/C17H15N3O/c1-11-6-2-5-9-15(11)21-16-10-13(17(18)19)12-7-3-4-8-14(12)20-16/h2-10H,1H3,(H3,18,19). The first-order valence-electron chi connectivity index (χ1n) is 6.63. The van der Waals surface area contributed by atoms with Crippen LogP contribution in [0.4, 0.5) is 0 Å². The number of benzene rings is 2. The second kappa shape index (κ2) is 5.25. The number of nitrogens with zero attached hydrogens (tertiary/aromatic N) is 1. The number of para-hydroxylation sites is 2. The lowest BCUT2D eigenvalue weighted by atomic mass is 10.1. The Morgan fingerprint density at radius 2 is 1.81 bits per heavy atom. The number of nitrogens with one attached hydrogen (secondary N) is 1. The molecule has 2 aromatic carbocycles. The average molecular weight is 277 g/mol. The van der Waals surface area contributed by atoms with Crippen LogP contribution in [0.25, 0.3) is 10.9 Å². The Hall–Kier alpha value is -2.88. The number of rotatable bonds is 3. The van der Waals surface area contributed by atoms with Gasteiger partial charge in [-0.3, -0.25) is 5.41 Å². The molecular formula is C17H15N3O. The topological polar surface area (TPSA) is 72.0 Å². The van der Waals surface area contributed by atoms with E-state index in [1.165, 1.54) is 0 Å². The third kappa shape index (κ3) is 2.56. The summed E-state index contributed by atoms with van der Waals surface area (Å²) in [5.74, 6) is 1.19. The maximum Gasteiger partial charge on any atom is 0.220 e. The van der Waals surface area contributed by atoms with Crippen molar-refractivity contribution in [3.8, 4) is 11.6 Å². The molecule has 3 N–H and O–H groups in total. The van der Waals surface area contributed by atoms with E-state index < -0.39 is 0 Å². The third-order valence-corrected chi connectivity index (χ3v) is 3.29. The van der Waals surface area contributed by atoms with Gasteiger partial charge in [-0.25, -0.2) is 4.98 Å². The summed E-state index contributed by atoms with van der Waals surface area (Å²) in [6.45, 7) is 1.97. The fourth-order valence-electron chi connectivity index (χ4n) is 2.21. The molecule has 0 unspecified atom stereocenters. The zero-order valence-corrected chi connectivity index (χ0v) is 11.6. The molecule has 0 spiro atoms. The first-order chi connectivity index (χ1) is 10.1. The monoisotopic (exact) mass is 277 g/mol. The predicted octanol–water partition coefficient (Wildman–Crippen LogP) is 3.62. The van der Waals surface area contributed by atoms with E-state index in [0.717, 1.165) is 22.2 Å². The van der Waals surface area contributed by atoms with E-state index in [0.29, 0.717) is 11.4 Å². The molecule has 0 bridgehead atoms. The number of pyridine rings is 1. The highest BCUT2D eigenvalue weighted by Gasteiger charge is 2.10. The molecule has 0 radical (unpaired) electrons. The number of amidine groups is 1. The second-order valence-electron chi connectivity index (χ2n) is 4.81. The Bertz CT molecular complexity index is 827. The Kier molecular flexibility index (Phi) is 3.28. The van der Waals surface area contributed by atoms with Gasteiger partial charge in [0.05, 0.1) is 5.52 Å². The molecule has 4 heteroatoms. The molecule has 1 aromatic heterocycles. The summed E-state index contributed by atoms with van der Waals surface area (Å²) in [4.78, 5) is 4.48. The first-order valence-corrected chi connectivity index (χ1v) is 6.63. The van der Waals surface area contributed by atoms with Gasteiger partial charge in [-0.1, -0.05) is 36.4 Å². The van der Waals surface area contributed by atoms with Gasteiger partial charge in [-0.15, -0.1) is 0 Å². The number of nitrogens with two attached hydrogens (primary N) is 1. The molecule has 4 nitrogen and oxygen atoms in total. The van der Waals surface area contributed by atoms with Crippen molar-refractivity contribution in [3.05, 3.63) is 65.7 Å². The lowest BCUT2D eigenvalue weighted by molar-refractivity contribution is 0.461. The zero-order chi connectivity index (χ0) is 14.8. The summed E-state index contributed by atoms with van der Waals surface area (Å²) in [5, 5.41) is 8.58. The van der Waals surface area contributed by atoms with Gasteiger partial charge in [0.15, 0.2) is 0 Å². The van der Waals surface area contributed by atoms with Crippen LogP contribution in [0.15, 0.2) is 54.6 Å². The van der Waals surface area contributed by atoms with Crippen LogP contribution < -0.4 is 10.5 Å². The van der Waals surface area contributed by atoms with Crippen LogP contribution in [-0.4, -0.2) is 10.8 Å². The van der Waals surface area contributed by atoms with E-state index in [1.54, 1.807) is 6.07 Å². The Balaban J connectivity index is 2.11. The minimum Gasteiger partial charge on any atom is -0.439 e. The van der Waals surface area contributed by atoms with Gasteiger partial charge in [-0.05, 0) is 24.6 Å². The molecule has 0 atom stereocenters. The van der Waals surface area contributed by atoms with E-state index in [4.69, 9.17) is 15.9 Å². The molecule has 21 heavy (non-hydrogen) atoms. The first kappa shape index (κ1) is 13.1. The van der Waals surface area contributed by atoms with Crippen molar-refractivity contribution in [3.63, 3.8) is 0 Å². The fourth-order valence-corrected chi connectivity index (χ4v) is 2.21. The molecule has 0 saturated carbocycles. The van der Waals surface area contributed by atoms with Crippen molar-refractivity contribution in [2.45, 2.75) is 6.92 Å². The highest BCUT2D eigenvalue weighted by molar-refractivity contribution is 6.06. The SMILES string of the molecule is Cc1ccccc1Oc1cc(C(=N)N)c2ccccc2n1. The van der Waals surface area contributed by atoms with Gasteiger partial charge in [0.25, 0.3) is 0 Å². The normalized spacial score (nSPS) is 10.5. The number of ether oxygens (including phenoxy) is 1. The summed E-state index contributed by atoms with van der Waals surface area (Å²) in [7, 11) is 0. The van der Waals surface area contributed by atoms with E-state index in [1.807, 2.05) is 55.5 Å². The van der Waals surface area contributed by atoms with Crippen molar-refractivity contribution < 1.29 is 4.74 Å². The third-order valence-electron chi connectivity index (χ3n) is 3.29. The molecule has 0 aliphatic rings. The van der Waals surface area contributed by atoms with Crippen LogP contribution in [0.2, 0.25) is 0 Å². The lowest BCUT2D eigenvalue weighted by Gasteiger charge is -2.11. The number of hydrogen-bond donors (Lipinski definition) is 2. The van der Waals surface area contributed by atoms with Gasteiger partial charge < -0.3 is 10.5 Å². The van der Waals surface area contributed by atoms with E-state index >= 15 is 0 Å². The fraction of sp³-hybridized carbons (Fsp3) is 0.0588. The Labute approximate surface area is 122 Å². The van der Waals surface area contributed by atoms with Crippen LogP contribution in [0, 0.1) is 12.3 Å². The van der Waals surface area contributed by atoms with Gasteiger partial charge in [0.2, 0.25) is 5.88 Å². The van der Waals surface area contributed by atoms with Crippen LogP contribution in [-0.2, 0) is 0 Å². The van der Waals surface area contributed by atoms with Crippen LogP contribution in [0.3, 0.4) is 0 Å². The maximum absolute atomic E-state index is 7.73. The van der Waals surface area contributed by atoms with Gasteiger partial charge >= 0.3 is 0 Å². The van der Waals surface area contributed by atoms with E-state index in [9.17, 15) is 0 Å². The smallest absolute Gasteiger partial charge is 0.220 e. The minimum atomic E-state index is 0.00299. The maximum atomic E-state index is 7.73. The average Bonchev–Trinajstić information content (AvgIpc) is 2.48. The Morgan fingerprint density at radius 1 is 1.10 bits per heavy atom. The van der Waals surface area contributed by atoms with Crippen molar-refractivity contribution >= 4 is 16.7 Å². The van der Waals surface area contributed by atoms with Gasteiger partial charge in [0, 0.05) is 17.0 Å². The van der Waals surface area contributed by atoms with Crippen molar-refractivity contribution in [2.75, 3.05) is 0 Å². The number of nitrogen functional groups attached to an aromatic ring is 1. The predicted molar refractivity (Wildman–Crippen MR) is 84.0 cm³/mol. The molecule has 0 fully saturated rings.